The number of furan rings is 1. The number of hydrogen-bond donors (Lipinski definition) is 1. The molecule has 1 aromatic heterocycles. The van der Waals surface area contributed by atoms with Gasteiger partial charge in [-0.2, -0.15) is 0 Å². The highest BCUT2D eigenvalue weighted by atomic mass is 16.5. The van der Waals surface area contributed by atoms with Crippen molar-refractivity contribution in [2.45, 2.75) is 25.3 Å². The molecule has 1 aliphatic heterocycles. The van der Waals surface area contributed by atoms with Gasteiger partial charge in [0, 0.05) is 12.1 Å². The molecule has 1 atom stereocenters. The van der Waals surface area contributed by atoms with Gasteiger partial charge in [-0.1, -0.05) is 24.6 Å². The van der Waals surface area contributed by atoms with Crippen LogP contribution in [-0.4, -0.2) is 37.6 Å². The largest absolute Gasteiger partial charge is 0.496 e. The van der Waals surface area contributed by atoms with Gasteiger partial charge in [-0.3, -0.25) is 9.69 Å². The van der Waals surface area contributed by atoms with E-state index in [1.807, 2.05) is 18.2 Å². The molecule has 0 aliphatic carbocycles. The topological polar surface area (TPSA) is 54.7 Å². The summed E-state index contributed by atoms with van der Waals surface area (Å²) in [6, 6.07) is 11.5. The summed E-state index contributed by atoms with van der Waals surface area (Å²) >= 11 is 0. The van der Waals surface area contributed by atoms with Crippen LogP contribution in [-0.2, 0) is 0 Å². The van der Waals surface area contributed by atoms with Crippen LogP contribution >= 0.6 is 0 Å². The molecule has 1 unspecified atom stereocenters. The van der Waals surface area contributed by atoms with Crippen molar-refractivity contribution in [2.24, 2.45) is 0 Å². The maximum Gasteiger partial charge on any atom is 0.287 e. The van der Waals surface area contributed by atoms with Crippen molar-refractivity contribution in [3.63, 3.8) is 0 Å². The normalized spacial score (nSPS) is 16.5. The molecule has 24 heavy (non-hydrogen) atoms. The number of piperidine rings is 1. The number of nitrogens with zero attached hydrogens (tertiary/aromatic N) is 1. The van der Waals surface area contributed by atoms with Crippen LogP contribution in [0.4, 0.5) is 0 Å². The maximum atomic E-state index is 12.2. The molecule has 128 valence electrons. The van der Waals surface area contributed by atoms with Crippen molar-refractivity contribution in [3.05, 3.63) is 54.0 Å². The Morgan fingerprint density at radius 3 is 2.71 bits per heavy atom. The maximum absolute atomic E-state index is 12.2. The second-order valence-electron chi connectivity index (χ2n) is 6.04. The number of ether oxygens (including phenoxy) is 1. The molecule has 5 heteroatoms. The van der Waals surface area contributed by atoms with Gasteiger partial charge >= 0.3 is 0 Å². The first-order valence-corrected chi connectivity index (χ1v) is 8.48. The molecule has 1 aliphatic rings. The summed E-state index contributed by atoms with van der Waals surface area (Å²) in [7, 11) is 1.69. The highest BCUT2D eigenvalue weighted by Gasteiger charge is 2.25. The number of methoxy groups -OCH3 is 1. The van der Waals surface area contributed by atoms with Crippen LogP contribution in [0, 0.1) is 0 Å². The van der Waals surface area contributed by atoms with Crippen molar-refractivity contribution in [2.75, 3.05) is 26.7 Å². The summed E-state index contributed by atoms with van der Waals surface area (Å²) in [5.74, 6) is 1.02. The summed E-state index contributed by atoms with van der Waals surface area (Å²) in [4.78, 5) is 14.7. The summed E-state index contributed by atoms with van der Waals surface area (Å²) < 4.78 is 10.7. The quantitative estimate of drug-likeness (QED) is 0.884. The minimum Gasteiger partial charge on any atom is -0.496 e. The Labute approximate surface area is 142 Å². The number of rotatable bonds is 6. The molecular formula is C19H24N2O3. The van der Waals surface area contributed by atoms with Crippen LogP contribution in [0.1, 0.15) is 41.4 Å². The number of carbonyl (C=O) groups excluding carboxylic acids is 1. The fourth-order valence-electron chi connectivity index (χ4n) is 3.29. The van der Waals surface area contributed by atoms with Crippen LogP contribution in [0.3, 0.4) is 0 Å². The molecule has 1 amide bonds. The van der Waals surface area contributed by atoms with Gasteiger partial charge in [0.05, 0.1) is 19.4 Å². The summed E-state index contributed by atoms with van der Waals surface area (Å²) in [5, 5.41) is 3.00. The third-order valence-electron chi connectivity index (χ3n) is 4.53. The molecule has 2 aromatic rings. The van der Waals surface area contributed by atoms with Crippen molar-refractivity contribution < 1.29 is 13.9 Å². The number of carbonyl (C=O) groups is 1. The van der Waals surface area contributed by atoms with Gasteiger partial charge in [0.2, 0.25) is 0 Å². The Kier molecular flexibility index (Phi) is 5.54. The third kappa shape index (κ3) is 3.79. The van der Waals surface area contributed by atoms with Crippen molar-refractivity contribution in [1.29, 1.82) is 0 Å². The number of hydrogen-bond acceptors (Lipinski definition) is 4. The molecule has 1 fully saturated rings. The first kappa shape index (κ1) is 16.6. The minimum absolute atomic E-state index is 0.0976. The van der Waals surface area contributed by atoms with E-state index in [0.717, 1.165) is 24.4 Å². The van der Waals surface area contributed by atoms with Crippen LogP contribution < -0.4 is 10.1 Å². The summed E-state index contributed by atoms with van der Waals surface area (Å²) in [6.45, 7) is 2.61. The fraction of sp³-hybridized carbons (Fsp3) is 0.421. The van der Waals surface area contributed by atoms with E-state index >= 15 is 0 Å². The Hall–Kier alpha value is -2.27. The Balaban J connectivity index is 1.78. The van der Waals surface area contributed by atoms with Gasteiger partial charge in [0.1, 0.15) is 5.75 Å². The zero-order valence-corrected chi connectivity index (χ0v) is 14.0. The fourth-order valence-corrected chi connectivity index (χ4v) is 3.29. The predicted molar refractivity (Wildman–Crippen MR) is 92.2 cm³/mol. The van der Waals surface area contributed by atoms with Crippen molar-refractivity contribution in [1.82, 2.24) is 10.2 Å². The Morgan fingerprint density at radius 2 is 2.00 bits per heavy atom. The second kappa shape index (κ2) is 8.02. The predicted octanol–water partition coefficient (Wildman–Crippen LogP) is 3.25. The van der Waals surface area contributed by atoms with Crippen LogP contribution in [0.5, 0.6) is 5.75 Å². The molecular weight excluding hydrogens is 304 g/mol. The van der Waals surface area contributed by atoms with E-state index in [4.69, 9.17) is 9.15 Å². The Morgan fingerprint density at radius 1 is 1.21 bits per heavy atom. The lowest BCUT2D eigenvalue weighted by atomic mass is 10.0. The minimum atomic E-state index is -0.183. The zero-order valence-electron chi connectivity index (χ0n) is 14.0. The van der Waals surface area contributed by atoms with Crippen LogP contribution in [0.2, 0.25) is 0 Å². The lowest BCUT2D eigenvalue weighted by molar-refractivity contribution is 0.0896. The molecule has 0 bridgehead atoms. The smallest absolute Gasteiger partial charge is 0.287 e. The van der Waals surface area contributed by atoms with E-state index in [2.05, 4.69) is 16.3 Å². The molecule has 1 saturated heterocycles. The highest BCUT2D eigenvalue weighted by molar-refractivity contribution is 5.91. The molecule has 0 saturated carbocycles. The molecule has 1 N–H and O–H groups in total. The van der Waals surface area contributed by atoms with E-state index in [0.29, 0.717) is 12.3 Å². The van der Waals surface area contributed by atoms with Gasteiger partial charge in [0.25, 0.3) is 5.91 Å². The zero-order chi connectivity index (χ0) is 16.8. The number of benzene rings is 1. The second-order valence-corrected chi connectivity index (χ2v) is 6.04. The average molecular weight is 328 g/mol. The van der Waals surface area contributed by atoms with E-state index in [1.165, 1.54) is 25.5 Å². The van der Waals surface area contributed by atoms with E-state index < -0.39 is 0 Å². The summed E-state index contributed by atoms with van der Waals surface area (Å²) in [5.41, 5.74) is 1.11. The van der Waals surface area contributed by atoms with Crippen LogP contribution in [0.25, 0.3) is 0 Å². The van der Waals surface area contributed by atoms with Gasteiger partial charge in [0.15, 0.2) is 5.76 Å². The molecule has 5 nitrogen and oxygen atoms in total. The van der Waals surface area contributed by atoms with Gasteiger partial charge < -0.3 is 14.5 Å². The molecule has 1 aromatic carbocycles. The SMILES string of the molecule is COc1ccccc1C(CNC(=O)c1ccco1)N1CCCCC1. The van der Waals surface area contributed by atoms with E-state index in [9.17, 15) is 4.79 Å². The first-order chi connectivity index (χ1) is 11.8. The van der Waals surface area contributed by atoms with Gasteiger partial charge in [-0.05, 0) is 44.1 Å². The van der Waals surface area contributed by atoms with Crippen LogP contribution in [0.15, 0.2) is 47.1 Å². The van der Waals surface area contributed by atoms with Crippen molar-refractivity contribution in [3.8, 4) is 5.75 Å². The first-order valence-electron chi connectivity index (χ1n) is 8.48. The van der Waals surface area contributed by atoms with Gasteiger partial charge in [-0.25, -0.2) is 0 Å². The lowest BCUT2D eigenvalue weighted by Gasteiger charge is -2.35. The van der Waals surface area contributed by atoms with E-state index in [1.54, 1.807) is 19.2 Å². The average Bonchev–Trinajstić information content (AvgIpc) is 3.18. The number of amides is 1. The molecule has 0 spiro atoms. The number of para-hydroxylation sites is 1. The number of nitrogens with one attached hydrogen (secondary N) is 1. The van der Waals surface area contributed by atoms with Gasteiger partial charge in [-0.15, -0.1) is 0 Å². The summed E-state index contributed by atoms with van der Waals surface area (Å²) in [6.07, 6.45) is 5.17. The Bertz CT molecular complexity index is 648. The standard InChI is InChI=1S/C19H24N2O3/c1-23-17-9-4-3-8-15(17)16(21-11-5-2-6-12-21)14-20-19(22)18-10-7-13-24-18/h3-4,7-10,13,16H,2,5-6,11-12,14H2,1H3,(H,20,22). The van der Waals surface area contributed by atoms with Crippen molar-refractivity contribution >= 4 is 5.91 Å². The van der Waals surface area contributed by atoms with E-state index in [-0.39, 0.29) is 11.9 Å². The lowest BCUT2D eigenvalue weighted by Crippen LogP contribution is -2.40. The molecule has 2 heterocycles. The molecule has 3 rings (SSSR count). The third-order valence-corrected chi connectivity index (χ3v) is 4.53. The molecule has 0 radical (unpaired) electrons. The monoisotopic (exact) mass is 328 g/mol. The highest BCUT2D eigenvalue weighted by Crippen LogP contribution is 2.30. The number of likely N-dealkylation sites (tertiary alicyclic amines) is 1.